The minimum absolute atomic E-state index is 0.0360. The molecule has 2 aromatic carbocycles. The number of nitrogens with one attached hydrogen (secondary N) is 3. The summed E-state index contributed by atoms with van der Waals surface area (Å²) < 4.78 is 28.2. The largest absolute Gasteiger partial charge is 0.496 e. The van der Waals surface area contributed by atoms with Crippen molar-refractivity contribution in [1.82, 2.24) is 10.6 Å². The van der Waals surface area contributed by atoms with Crippen LogP contribution in [0.4, 0.5) is 10.5 Å². The highest BCUT2D eigenvalue weighted by Gasteiger charge is 2.28. The number of anilines is 1. The number of hydrogen-bond donors (Lipinski definition) is 3. The summed E-state index contributed by atoms with van der Waals surface area (Å²) in [6.07, 6.45) is 0.418. The smallest absolute Gasteiger partial charge is 0.319 e. The minimum Gasteiger partial charge on any atom is -0.496 e. The Bertz CT molecular complexity index is 989. The second-order valence-electron chi connectivity index (χ2n) is 6.77. The fourth-order valence-electron chi connectivity index (χ4n) is 3.09. The van der Waals surface area contributed by atoms with Gasteiger partial charge < -0.3 is 20.7 Å². The topological polar surface area (TPSA) is 114 Å². The first-order valence-electron chi connectivity index (χ1n) is 9.14. The molecule has 0 aromatic heterocycles. The Kier molecular flexibility index (Phi) is 6.38. The zero-order valence-corrected chi connectivity index (χ0v) is 16.8. The van der Waals surface area contributed by atoms with Crippen LogP contribution in [0.3, 0.4) is 0 Å². The lowest BCUT2D eigenvalue weighted by Gasteiger charge is -2.12. The van der Waals surface area contributed by atoms with Crippen molar-refractivity contribution in [3.05, 3.63) is 59.7 Å². The highest BCUT2D eigenvalue weighted by Crippen LogP contribution is 2.17. The third kappa shape index (κ3) is 5.71. The van der Waals surface area contributed by atoms with E-state index in [1.165, 1.54) is 0 Å². The highest BCUT2D eigenvalue weighted by atomic mass is 32.2. The van der Waals surface area contributed by atoms with Crippen LogP contribution in [0.15, 0.2) is 48.5 Å². The third-order valence-electron chi connectivity index (χ3n) is 4.60. The second kappa shape index (κ2) is 8.95. The van der Waals surface area contributed by atoms with E-state index in [1.807, 2.05) is 24.3 Å². The van der Waals surface area contributed by atoms with E-state index in [4.69, 9.17) is 4.74 Å². The fourth-order valence-corrected chi connectivity index (χ4v) is 4.77. The van der Waals surface area contributed by atoms with Gasteiger partial charge in [-0.15, -0.1) is 0 Å². The molecule has 3 N–H and O–H groups in total. The summed E-state index contributed by atoms with van der Waals surface area (Å²) in [7, 11) is -1.48. The van der Waals surface area contributed by atoms with Crippen molar-refractivity contribution in [2.45, 2.75) is 19.0 Å². The first-order valence-corrected chi connectivity index (χ1v) is 11.0. The molecule has 0 bridgehead atoms. The van der Waals surface area contributed by atoms with Gasteiger partial charge in [0.15, 0.2) is 9.84 Å². The minimum atomic E-state index is -3.05. The van der Waals surface area contributed by atoms with Crippen LogP contribution in [0.25, 0.3) is 0 Å². The van der Waals surface area contributed by atoms with Gasteiger partial charge in [-0.25, -0.2) is 13.2 Å². The molecule has 0 spiro atoms. The predicted octanol–water partition coefficient (Wildman–Crippen LogP) is 1.93. The normalized spacial score (nSPS) is 17.3. The van der Waals surface area contributed by atoms with E-state index in [0.717, 1.165) is 5.56 Å². The molecule has 29 heavy (non-hydrogen) atoms. The highest BCUT2D eigenvalue weighted by molar-refractivity contribution is 7.91. The van der Waals surface area contributed by atoms with Crippen molar-refractivity contribution in [2.24, 2.45) is 0 Å². The van der Waals surface area contributed by atoms with Gasteiger partial charge in [-0.1, -0.05) is 18.2 Å². The Labute approximate surface area is 169 Å². The Morgan fingerprint density at radius 2 is 1.83 bits per heavy atom. The van der Waals surface area contributed by atoms with Crippen LogP contribution in [0, 0.1) is 0 Å². The summed E-state index contributed by atoms with van der Waals surface area (Å²) in [5.74, 6) is 0.513. The number of hydrogen-bond acceptors (Lipinski definition) is 5. The number of amides is 3. The van der Waals surface area contributed by atoms with Gasteiger partial charge in [0.05, 0.1) is 18.6 Å². The molecule has 1 aliphatic heterocycles. The number of benzene rings is 2. The van der Waals surface area contributed by atoms with Crippen molar-refractivity contribution >= 4 is 27.5 Å². The van der Waals surface area contributed by atoms with E-state index in [1.54, 1.807) is 31.4 Å². The summed E-state index contributed by atoms with van der Waals surface area (Å²) in [5.41, 5.74) is 1.82. The van der Waals surface area contributed by atoms with E-state index >= 15 is 0 Å². The number of rotatable bonds is 6. The first-order chi connectivity index (χ1) is 13.9. The molecule has 1 atom stereocenters. The van der Waals surface area contributed by atoms with Crippen molar-refractivity contribution in [3.8, 4) is 5.75 Å². The molecule has 0 radical (unpaired) electrons. The average molecular weight is 417 g/mol. The molecule has 154 valence electrons. The number of carbonyl (C=O) groups is 2. The molecule has 0 aliphatic carbocycles. The summed E-state index contributed by atoms with van der Waals surface area (Å²) in [6.45, 7) is 0.329. The predicted molar refractivity (Wildman–Crippen MR) is 110 cm³/mol. The molecular weight excluding hydrogens is 394 g/mol. The molecule has 1 heterocycles. The molecule has 2 aromatic rings. The second-order valence-corrected chi connectivity index (χ2v) is 9.00. The maximum atomic E-state index is 12.3. The summed E-state index contributed by atoms with van der Waals surface area (Å²) in [4.78, 5) is 24.3. The monoisotopic (exact) mass is 417 g/mol. The quantitative estimate of drug-likeness (QED) is 0.665. The van der Waals surface area contributed by atoms with Crippen LogP contribution in [0.5, 0.6) is 5.75 Å². The first kappa shape index (κ1) is 20.7. The Morgan fingerprint density at radius 3 is 2.48 bits per heavy atom. The van der Waals surface area contributed by atoms with Crippen molar-refractivity contribution in [3.63, 3.8) is 0 Å². The third-order valence-corrected chi connectivity index (χ3v) is 6.37. The molecular formula is C20H23N3O5S. The van der Waals surface area contributed by atoms with Crippen molar-refractivity contribution in [1.29, 1.82) is 0 Å². The number of urea groups is 1. The average Bonchev–Trinajstić information content (AvgIpc) is 3.04. The molecule has 9 heteroatoms. The SMILES string of the molecule is COc1ccccc1CNC(=O)c1ccc(NC(=O)N[C@@H]2CCS(=O)(=O)C2)cc1. The maximum absolute atomic E-state index is 12.3. The van der Waals surface area contributed by atoms with Crippen molar-refractivity contribution < 1.29 is 22.7 Å². The van der Waals surface area contributed by atoms with Crippen LogP contribution >= 0.6 is 0 Å². The van der Waals surface area contributed by atoms with Gasteiger partial charge in [-0.2, -0.15) is 0 Å². The van der Waals surface area contributed by atoms with E-state index in [9.17, 15) is 18.0 Å². The number of carbonyl (C=O) groups excluding carboxylic acids is 2. The maximum Gasteiger partial charge on any atom is 0.319 e. The van der Waals surface area contributed by atoms with E-state index in [-0.39, 0.29) is 23.5 Å². The molecule has 1 fully saturated rings. The van der Waals surface area contributed by atoms with Crippen LogP contribution in [0.1, 0.15) is 22.3 Å². The number of sulfone groups is 1. The molecule has 0 unspecified atom stereocenters. The number of methoxy groups -OCH3 is 1. The van der Waals surface area contributed by atoms with Gasteiger partial charge in [0, 0.05) is 29.4 Å². The van der Waals surface area contributed by atoms with Crippen LogP contribution in [-0.4, -0.2) is 45.0 Å². The summed E-state index contributed by atoms with van der Waals surface area (Å²) in [6, 6.07) is 13.0. The van der Waals surface area contributed by atoms with E-state index < -0.39 is 15.9 Å². The lowest BCUT2D eigenvalue weighted by molar-refractivity contribution is 0.0950. The summed E-state index contributed by atoms with van der Waals surface area (Å²) in [5, 5.41) is 8.12. The molecule has 0 saturated carbocycles. The Balaban J connectivity index is 1.51. The molecule has 1 saturated heterocycles. The molecule has 3 amide bonds. The molecule has 1 aliphatic rings. The van der Waals surface area contributed by atoms with Gasteiger partial charge in [0.1, 0.15) is 5.75 Å². The van der Waals surface area contributed by atoms with Gasteiger partial charge in [0.25, 0.3) is 5.91 Å². The lowest BCUT2D eigenvalue weighted by atomic mass is 10.1. The van der Waals surface area contributed by atoms with E-state index in [2.05, 4.69) is 16.0 Å². The summed E-state index contributed by atoms with van der Waals surface area (Å²) >= 11 is 0. The van der Waals surface area contributed by atoms with Gasteiger partial charge in [-0.3, -0.25) is 4.79 Å². The standard InChI is InChI=1S/C20H23N3O5S/c1-28-18-5-3-2-4-15(18)12-21-19(24)14-6-8-16(9-7-14)22-20(25)23-17-10-11-29(26,27)13-17/h2-9,17H,10-13H2,1H3,(H,21,24)(H2,22,23,25)/t17-/m1/s1. The fraction of sp³-hybridized carbons (Fsp3) is 0.300. The van der Waals surface area contributed by atoms with Crippen LogP contribution in [0.2, 0.25) is 0 Å². The van der Waals surface area contributed by atoms with E-state index in [0.29, 0.717) is 30.0 Å². The van der Waals surface area contributed by atoms with Crippen LogP contribution < -0.4 is 20.7 Å². The Morgan fingerprint density at radius 1 is 1.10 bits per heavy atom. The van der Waals surface area contributed by atoms with Gasteiger partial charge in [0.2, 0.25) is 0 Å². The van der Waals surface area contributed by atoms with Crippen molar-refractivity contribution in [2.75, 3.05) is 23.9 Å². The van der Waals surface area contributed by atoms with Gasteiger partial charge >= 0.3 is 6.03 Å². The molecule has 8 nitrogen and oxygen atoms in total. The zero-order chi connectivity index (χ0) is 20.9. The zero-order valence-electron chi connectivity index (χ0n) is 16.0. The van der Waals surface area contributed by atoms with Crippen LogP contribution in [-0.2, 0) is 16.4 Å². The Hall–Kier alpha value is -3.07. The van der Waals surface area contributed by atoms with Gasteiger partial charge in [-0.05, 0) is 36.8 Å². The number of para-hydroxylation sites is 1. The lowest BCUT2D eigenvalue weighted by Crippen LogP contribution is -2.38. The number of ether oxygens (including phenoxy) is 1. The molecule has 3 rings (SSSR count).